The van der Waals surface area contributed by atoms with E-state index < -0.39 is 24.0 Å². The summed E-state index contributed by atoms with van der Waals surface area (Å²) in [4.78, 5) is 27.3. The van der Waals surface area contributed by atoms with Gasteiger partial charge in [0.25, 0.3) is 12.3 Å². The Kier molecular flexibility index (Phi) is 5.79. The van der Waals surface area contributed by atoms with Gasteiger partial charge < -0.3 is 19.9 Å². The van der Waals surface area contributed by atoms with Crippen LogP contribution in [0.2, 0.25) is 0 Å². The Morgan fingerprint density at radius 3 is 2.63 bits per heavy atom. The van der Waals surface area contributed by atoms with Gasteiger partial charge in [0.2, 0.25) is 0 Å². The molecule has 8 nitrogen and oxygen atoms in total. The SMILES string of the molecule is Cc1cn2cc(NC(=O)c3ccc(N4CC(C)NC(C)C4)c4cnc(C(F)F)nc34)cc(F)c2n1. The second kappa shape index (κ2) is 8.81. The summed E-state index contributed by atoms with van der Waals surface area (Å²) in [6.07, 6.45) is 1.62. The highest BCUT2D eigenvalue weighted by Gasteiger charge is 2.25. The summed E-state index contributed by atoms with van der Waals surface area (Å²) in [6.45, 7) is 7.26. The van der Waals surface area contributed by atoms with Crippen molar-refractivity contribution in [1.82, 2.24) is 24.7 Å². The normalized spacial score (nSPS) is 18.5. The fourth-order valence-corrected chi connectivity index (χ4v) is 4.65. The van der Waals surface area contributed by atoms with E-state index >= 15 is 0 Å². The minimum Gasteiger partial charge on any atom is -0.368 e. The van der Waals surface area contributed by atoms with Crippen molar-refractivity contribution in [3.05, 3.63) is 59.7 Å². The number of pyridine rings is 1. The molecule has 2 atom stereocenters. The van der Waals surface area contributed by atoms with Crippen molar-refractivity contribution in [2.75, 3.05) is 23.3 Å². The van der Waals surface area contributed by atoms with Crippen LogP contribution in [0.5, 0.6) is 0 Å². The second-order valence-electron chi connectivity index (χ2n) is 8.94. The zero-order valence-electron chi connectivity index (χ0n) is 19.4. The van der Waals surface area contributed by atoms with Crippen molar-refractivity contribution < 1.29 is 18.0 Å². The molecule has 1 aliphatic rings. The van der Waals surface area contributed by atoms with Gasteiger partial charge in [-0.1, -0.05) is 0 Å². The Hall–Kier alpha value is -3.73. The van der Waals surface area contributed by atoms with Crippen LogP contribution < -0.4 is 15.5 Å². The van der Waals surface area contributed by atoms with Crippen LogP contribution in [0.15, 0.2) is 36.8 Å². The van der Waals surface area contributed by atoms with E-state index in [0.29, 0.717) is 24.2 Å². The molecule has 0 spiro atoms. The van der Waals surface area contributed by atoms with Crippen LogP contribution in [0, 0.1) is 12.7 Å². The van der Waals surface area contributed by atoms with E-state index in [2.05, 4.69) is 44.3 Å². The summed E-state index contributed by atoms with van der Waals surface area (Å²) in [5.74, 6) is -1.86. The fourth-order valence-electron chi connectivity index (χ4n) is 4.65. The third-order valence-electron chi connectivity index (χ3n) is 5.97. The second-order valence-corrected chi connectivity index (χ2v) is 8.94. The molecule has 2 N–H and O–H groups in total. The average molecular weight is 483 g/mol. The van der Waals surface area contributed by atoms with Gasteiger partial charge in [0.15, 0.2) is 17.3 Å². The van der Waals surface area contributed by atoms with Crippen LogP contribution in [0.3, 0.4) is 0 Å². The highest BCUT2D eigenvalue weighted by atomic mass is 19.3. The highest BCUT2D eigenvalue weighted by molar-refractivity contribution is 6.13. The molecule has 1 aliphatic heterocycles. The number of hydrogen-bond donors (Lipinski definition) is 2. The first-order valence-electron chi connectivity index (χ1n) is 11.2. The van der Waals surface area contributed by atoms with E-state index in [9.17, 15) is 18.0 Å². The Morgan fingerprint density at radius 1 is 1.17 bits per heavy atom. The number of imidazole rings is 1. The zero-order valence-corrected chi connectivity index (χ0v) is 19.4. The van der Waals surface area contributed by atoms with Crippen molar-refractivity contribution >= 4 is 33.8 Å². The first-order valence-corrected chi connectivity index (χ1v) is 11.2. The molecule has 1 fully saturated rings. The molecule has 11 heteroatoms. The number of carbonyl (C=O) groups is 1. The minimum absolute atomic E-state index is 0.0894. The van der Waals surface area contributed by atoms with Crippen LogP contribution >= 0.6 is 0 Å². The summed E-state index contributed by atoms with van der Waals surface area (Å²) >= 11 is 0. The lowest BCUT2D eigenvalue weighted by atomic mass is 10.0. The van der Waals surface area contributed by atoms with E-state index in [0.717, 1.165) is 5.69 Å². The number of nitrogens with zero attached hydrogens (tertiary/aromatic N) is 5. The predicted molar refractivity (Wildman–Crippen MR) is 127 cm³/mol. The van der Waals surface area contributed by atoms with Crippen molar-refractivity contribution in [1.29, 1.82) is 0 Å². The molecule has 0 radical (unpaired) electrons. The maximum Gasteiger partial charge on any atom is 0.297 e. The minimum atomic E-state index is -2.89. The first-order chi connectivity index (χ1) is 16.7. The fraction of sp³-hybridized carbons (Fsp3) is 0.333. The quantitative estimate of drug-likeness (QED) is 0.455. The number of aromatic nitrogens is 4. The molecule has 0 saturated carbocycles. The third-order valence-corrected chi connectivity index (χ3v) is 5.97. The van der Waals surface area contributed by atoms with Crippen molar-refractivity contribution in [2.45, 2.75) is 39.3 Å². The molecule has 1 aromatic carbocycles. The molecule has 0 aliphatic carbocycles. The van der Waals surface area contributed by atoms with Gasteiger partial charge >= 0.3 is 0 Å². The number of rotatable bonds is 4. The first kappa shape index (κ1) is 23.0. The number of anilines is 2. The smallest absolute Gasteiger partial charge is 0.297 e. The average Bonchev–Trinajstić information content (AvgIpc) is 3.18. The topological polar surface area (TPSA) is 87.5 Å². The molecule has 35 heavy (non-hydrogen) atoms. The van der Waals surface area contributed by atoms with E-state index in [1.807, 2.05) is 0 Å². The van der Waals surface area contributed by atoms with Crippen molar-refractivity contribution in [3.8, 4) is 0 Å². The maximum atomic E-state index is 14.5. The number of carbonyl (C=O) groups excluding carboxylic acids is 1. The van der Waals surface area contributed by atoms with Gasteiger partial charge in [0.05, 0.1) is 22.5 Å². The third kappa shape index (κ3) is 4.39. The standard InChI is InChI=1S/C24H24F3N7O/c1-12-8-33(9-13(2)29-12)19-5-4-16(20-17(19)7-28-22(32-20)21(26)27)24(35)31-15-6-18(25)23-30-14(3)10-34(23)11-15/h4-7,10-13,21,29H,8-9H2,1-3H3,(H,31,35). The van der Waals surface area contributed by atoms with Gasteiger partial charge in [0, 0.05) is 60.9 Å². The summed E-state index contributed by atoms with van der Waals surface area (Å²) in [5, 5.41) is 6.60. The Bertz CT molecular complexity index is 1430. The Balaban J connectivity index is 1.56. The van der Waals surface area contributed by atoms with E-state index in [1.165, 1.54) is 22.9 Å². The monoisotopic (exact) mass is 483 g/mol. The summed E-state index contributed by atoms with van der Waals surface area (Å²) in [5.41, 5.74) is 1.93. The Labute approximate surface area is 199 Å². The van der Waals surface area contributed by atoms with E-state index in [4.69, 9.17) is 0 Å². The van der Waals surface area contributed by atoms with Gasteiger partial charge in [-0.25, -0.2) is 28.1 Å². The molecule has 182 valence electrons. The molecule has 0 bridgehead atoms. The number of benzene rings is 1. The maximum absolute atomic E-state index is 14.5. The number of alkyl halides is 2. The van der Waals surface area contributed by atoms with E-state index in [-0.39, 0.29) is 34.5 Å². The van der Waals surface area contributed by atoms with Crippen LogP contribution in [0.1, 0.15) is 42.1 Å². The number of nitrogens with one attached hydrogen (secondary N) is 2. The van der Waals surface area contributed by atoms with E-state index in [1.54, 1.807) is 25.3 Å². The molecule has 4 aromatic rings. The van der Waals surface area contributed by atoms with Gasteiger partial charge in [-0.05, 0) is 32.9 Å². The van der Waals surface area contributed by atoms with Crippen molar-refractivity contribution in [3.63, 3.8) is 0 Å². The lowest BCUT2D eigenvalue weighted by Crippen LogP contribution is -2.54. The molecule has 4 heterocycles. The van der Waals surface area contributed by atoms with Gasteiger partial charge in [-0.3, -0.25) is 4.79 Å². The van der Waals surface area contributed by atoms with Gasteiger partial charge in [-0.15, -0.1) is 0 Å². The number of halogens is 3. The van der Waals surface area contributed by atoms with Gasteiger partial charge in [-0.2, -0.15) is 0 Å². The summed E-state index contributed by atoms with van der Waals surface area (Å²) < 4.78 is 42.8. The lowest BCUT2D eigenvalue weighted by molar-refractivity contribution is 0.102. The molecular weight excluding hydrogens is 459 g/mol. The molecule has 3 aromatic heterocycles. The number of fused-ring (bicyclic) bond motifs is 2. The largest absolute Gasteiger partial charge is 0.368 e. The van der Waals surface area contributed by atoms with Crippen LogP contribution in [0.4, 0.5) is 24.5 Å². The number of hydrogen-bond acceptors (Lipinski definition) is 6. The zero-order chi connectivity index (χ0) is 24.9. The van der Waals surface area contributed by atoms with Crippen LogP contribution in [-0.2, 0) is 0 Å². The highest BCUT2D eigenvalue weighted by Crippen LogP contribution is 2.31. The summed E-state index contributed by atoms with van der Waals surface area (Å²) in [6, 6.07) is 4.93. The molecule has 1 saturated heterocycles. The number of aryl methyl sites for hydroxylation is 1. The number of piperazine rings is 1. The molecule has 2 unspecified atom stereocenters. The molecule has 5 rings (SSSR count). The lowest BCUT2D eigenvalue weighted by Gasteiger charge is -2.38. The van der Waals surface area contributed by atoms with Crippen LogP contribution in [0.25, 0.3) is 16.6 Å². The van der Waals surface area contributed by atoms with Crippen molar-refractivity contribution in [2.24, 2.45) is 0 Å². The molecule has 1 amide bonds. The summed E-state index contributed by atoms with van der Waals surface area (Å²) in [7, 11) is 0. The van der Waals surface area contributed by atoms with Crippen LogP contribution in [-0.4, -0.2) is 50.4 Å². The molecular formula is C24H24F3N7O. The predicted octanol–water partition coefficient (Wildman–Crippen LogP) is 4.10. The Morgan fingerprint density at radius 2 is 1.91 bits per heavy atom. The number of amides is 1. The van der Waals surface area contributed by atoms with Gasteiger partial charge in [0.1, 0.15) is 0 Å².